The number of fused-ring (bicyclic) bond motifs is 1. The molecule has 0 saturated heterocycles. The van der Waals surface area contributed by atoms with Crippen LogP contribution in [0, 0.1) is 0 Å². The number of nitrogens with one attached hydrogen (secondary N) is 1. The van der Waals surface area contributed by atoms with Crippen LogP contribution in [-0.4, -0.2) is 16.2 Å². The molecule has 0 aromatic carbocycles. The minimum atomic E-state index is 0.780. The number of rotatable bonds is 0. The first-order chi connectivity index (χ1) is 4.97. The highest BCUT2D eigenvalue weighted by Crippen LogP contribution is 2.16. The first-order valence-corrected chi connectivity index (χ1v) is 3.50. The molecule has 0 aliphatic carbocycles. The Morgan fingerprint density at radius 2 is 2.20 bits per heavy atom. The molecule has 2 heterocycles. The molecule has 0 unspecified atom stereocenters. The van der Waals surface area contributed by atoms with Gasteiger partial charge in [-0.2, -0.15) is 0 Å². The van der Waals surface area contributed by atoms with E-state index in [4.69, 9.17) is 0 Å². The lowest BCUT2D eigenvalue weighted by molar-refractivity contribution is 1.19. The lowest BCUT2D eigenvalue weighted by Gasteiger charge is -2.06. The molecule has 0 saturated carbocycles. The van der Waals surface area contributed by atoms with Crippen molar-refractivity contribution in [2.45, 2.75) is 0 Å². The van der Waals surface area contributed by atoms with E-state index < -0.39 is 0 Å². The third-order valence-electron chi connectivity index (χ3n) is 1.10. The van der Waals surface area contributed by atoms with Gasteiger partial charge in [-0.05, 0) is 0 Å². The van der Waals surface area contributed by atoms with Crippen LogP contribution >= 0.6 is 12.1 Å². The highest BCUT2D eigenvalue weighted by Gasteiger charge is 2.04. The van der Waals surface area contributed by atoms with Crippen molar-refractivity contribution >= 4 is 24.2 Å². The van der Waals surface area contributed by atoms with E-state index >= 15 is 0 Å². The fourth-order valence-corrected chi connectivity index (χ4v) is 1.12. The summed E-state index contributed by atoms with van der Waals surface area (Å²) in [4.78, 5) is 8.07. The monoisotopic (exact) mass is 152 g/mol. The fourth-order valence-electron chi connectivity index (χ4n) is 0.668. The van der Waals surface area contributed by atoms with Crippen LogP contribution < -0.4 is 4.72 Å². The molecule has 1 N–H and O–H groups in total. The third-order valence-corrected chi connectivity index (χ3v) is 1.59. The number of nitrogens with zero attached hydrogens (tertiary/aromatic N) is 3. The maximum atomic E-state index is 4.03. The van der Waals surface area contributed by atoms with E-state index in [0.29, 0.717) is 0 Å². The van der Waals surface area contributed by atoms with E-state index in [1.807, 2.05) is 0 Å². The van der Waals surface area contributed by atoms with Gasteiger partial charge in [0.1, 0.15) is 5.69 Å². The summed E-state index contributed by atoms with van der Waals surface area (Å²) in [5.74, 6) is 0.780. The SMILES string of the molecule is C1=NSNc2nccnc21. The van der Waals surface area contributed by atoms with Crippen LogP contribution in [0.5, 0.6) is 0 Å². The Morgan fingerprint density at radius 3 is 3.10 bits per heavy atom. The second-order valence-electron chi connectivity index (χ2n) is 1.72. The van der Waals surface area contributed by atoms with Gasteiger partial charge in [0.05, 0.1) is 18.3 Å². The molecule has 0 amide bonds. The van der Waals surface area contributed by atoms with Crippen molar-refractivity contribution in [3.63, 3.8) is 0 Å². The van der Waals surface area contributed by atoms with Crippen molar-refractivity contribution in [2.75, 3.05) is 4.72 Å². The quantitative estimate of drug-likeness (QED) is 0.561. The Kier molecular flexibility index (Phi) is 1.28. The van der Waals surface area contributed by atoms with E-state index in [0.717, 1.165) is 11.5 Å². The van der Waals surface area contributed by atoms with Crippen LogP contribution in [0.2, 0.25) is 0 Å². The molecule has 1 aliphatic heterocycles. The maximum absolute atomic E-state index is 4.03. The zero-order chi connectivity index (χ0) is 6.81. The van der Waals surface area contributed by atoms with Crippen molar-refractivity contribution < 1.29 is 0 Å². The first kappa shape index (κ1) is 5.67. The number of hydrogen-bond acceptors (Lipinski definition) is 5. The molecule has 4 nitrogen and oxygen atoms in total. The van der Waals surface area contributed by atoms with Gasteiger partial charge >= 0.3 is 0 Å². The van der Waals surface area contributed by atoms with Gasteiger partial charge in [-0.15, -0.1) is 0 Å². The third kappa shape index (κ3) is 0.841. The summed E-state index contributed by atoms with van der Waals surface area (Å²) in [6.07, 6.45) is 4.97. The predicted molar refractivity (Wildman–Crippen MR) is 40.8 cm³/mol. The number of hydrogen-bond donors (Lipinski definition) is 1. The molecule has 0 radical (unpaired) electrons. The van der Waals surface area contributed by atoms with E-state index in [-0.39, 0.29) is 0 Å². The fraction of sp³-hybridized carbons (Fsp3) is 0. The molecular weight excluding hydrogens is 148 g/mol. The van der Waals surface area contributed by atoms with Crippen molar-refractivity contribution in [1.82, 2.24) is 9.97 Å². The Hall–Kier alpha value is -1.10. The Morgan fingerprint density at radius 1 is 1.30 bits per heavy atom. The standard InChI is InChI=1S/C5H4N4S/c1-2-7-5-4(6-1)3-8-10-9-5/h1-3H,(H,7,9). The largest absolute Gasteiger partial charge is 0.293 e. The Labute approximate surface area is 62.1 Å². The van der Waals surface area contributed by atoms with Crippen molar-refractivity contribution in [3.05, 3.63) is 18.1 Å². The molecule has 1 aromatic heterocycles. The van der Waals surface area contributed by atoms with Gasteiger partial charge in [-0.1, -0.05) is 0 Å². The molecule has 0 spiro atoms. The smallest absolute Gasteiger partial charge is 0.164 e. The van der Waals surface area contributed by atoms with Gasteiger partial charge < -0.3 is 0 Å². The van der Waals surface area contributed by atoms with Gasteiger partial charge in [-0.3, -0.25) is 4.72 Å². The molecule has 0 atom stereocenters. The summed E-state index contributed by atoms with van der Waals surface area (Å²) < 4.78 is 6.80. The normalized spacial score (nSPS) is 14.0. The minimum Gasteiger partial charge on any atom is -0.293 e. The number of anilines is 1. The molecule has 1 aliphatic rings. The minimum absolute atomic E-state index is 0.780. The van der Waals surface area contributed by atoms with E-state index in [1.165, 1.54) is 12.1 Å². The summed E-state index contributed by atoms with van der Waals surface area (Å²) in [6.45, 7) is 0. The van der Waals surface area contributed by atoms with Crippen LogP contribution in [0.25, 0.3) is 0 Å². The second-order valence-corrected chi connectivity index (χ2v) is 2.32. The van der Waals surface area contributed by atoms with Crippen molar-refractivity contribution in [2.24, 2.45) is 4.40 Å². The van der Waals surface area contributed by atoms with Crippen LogP contribution in [0.1, 0.15) is 5.69 Å². The highest BCUT2D eigenvalue weighted by molar-refractivity contribution is 7.99. The molecule has 1 aromatic rings. The average Bonchev–Trinajstić information content (AvgIpc) is 2.05. The van der Waals surface area contributed by atoms with Gasteiger partial charge in [0.2, 0.25) is 0 Å². The molecule has 10 heavy (non-hydrogen) atoms. The predicted octanol–water partition coefficient (Wildman–Crippen LogP) is 0.884. The molecular formula is C5H4N4S. The van der Waals surface area contributed by atoms with Gasteiger partial charge in [0.25, 0.3) is 0 Å². The summed E-state index contributed by atoms with van der Waals surface area (Å²) >= 11 is 1.25. The highest BCUT2D eigenvalue weighted by atomic mass is 32.2. The molecule has 0 fully saturated rings. The lowest BCUT2D eigenvalue weighted by Crippen LogP contribution is -2.01. The zero-order valence-corrected chi connectivity index (χ0v) is 5.80. The summed E-state index contributed by atoms with van der Waals surface area (Å²) in [5, 5.41) is 0. The average molecular weight is 152 g/mol. The Bertz CT molecular complexity index is 272. The summed E-state index contributed by atoms with van der Waals surface area (Å²) in [6, 6.07) is 0. The van der Waals surface area contributed by atoms with E-state index in [2.05, 4.69) is 19.1 Å². The van der Waals surface area contributed by atoms with E-state index in [9.17, 15) is 0 Å². The Balaban J connectivity index is 2.54. The zero-order valence-electron chi connectivity index (χ0n) is 4.98. The molecule has 0 bridgehead atoms. The van der Waals surface area contributed by atoms with Crippen molar-refractivity contribution in [1.29, 1.82) is 0 Å². The van der Waals surface area contributed by atoms with Gasteiger partial charge in [0.15, 0.2) is 5.82 Å². The maximum Gasteiger partial charge on any atom is 0.164 e. The molecule has 5 heteroatoms. The van der Waals surface area contributed by atoms with Crippen molar-refractivity contribution in [3.8, 4) is 0 Å². The molecule has 50 valence electrons. The van der Waals surface area contributed by atoms with Gasteiger partial charge in [-0.25, -0.2) is 14.4 Å². The summed E-state index contributed by atoms with van der Waals surface area (Å²) in [5.41, 5.74) is 0.793. The topological polar surface area (TPSA) is 50.2 Å². The first-order valence-electron chi connectivity index (χ1n) is 2.73. The van der Waals surface area contributed by atoms with Crippen LogP contribution in [0.15, 0.2) is 16.8 Å². The van der Waals surface area contributed by atoms with Crippen LogP contribution in [0.4, 0.5) is 5.82 Å². The van der Waals surface area contributed by atoms with Crippen LogP contribution in [-0.2, 0) is 0 Å². The number of aromatic nitrogens is 2. The van der Waals surface area contributed by atoms with Gasteiger partial charge in [0, 0.05) is 12.4 Å². The lowest BCUT2D eigenvalue weighted by atomic mass is 10.4. The molecule has 2 rings (SSSR count). The van der Waals surface area contributed by atoms with Crippen LogP contribution in [0.3, 0.4) is 0 Å². The van der Waals surface area contributed by atoms with E-state index in [1.54, 1.807) is 18.6 Å². The second kappa shape index (κ2) is 2.26. The summed E-state index contributed by atoms with van der Waals surface area (Å²) in [7, 11) is 0.